The highest BCUT2D eigenvalue weighted by atomic mass is 16.4. The van der Waals surface area contributed by atoms with Gasteiger partial charge in [-0.1, -0.05) is 0 Å². The number of nitrogens with zero attached hydrogens (tertiary/aromatic N) is 1. The Kier molecular flexibility index (Phi) is 1.65. The van der Waals surface area contributed by atoms with Crippen LogP contribution in [0.1, 0.15) is 0 Å². The topological polar surface area (TPSA) is 102 Å². The number of carbonyl (C=O) groups is 1. The minimum atomic E-state index is -1.30. The molecule has 0 rings (SSSR count). The molecule has 0 saturated heterocycles. The van der Waals surface area contributed by atoms with Crippen molar-refractivity contribution in [3.05, 3.63) is 0 Å². The molecule has 7 heavy (non-hydrogen) atoms. The van der Waals surface area contributed by atoms with E-state index in [1.54, 1.807) is 0 Å². The van der Waals surface area contributed by atoms with Gasteiger partial charge in [0.2, 0.25) is 5.84 Å². The summed E-state index contributed by atoms with van der Waals surface area (Å²) in [5.74, 6) is 2.57. The minimum absolute atomic E-state index is 0.583. The minimum Gasteiger partial charge on any atom is -0.475 e. The number of carboxylic acids is 1. The van der Waals surface area contributed by atoms with Crippen molar-refractivity contribution < 1.29 is 9.90 Å². The van der Waals surface area contributed by atoms with Crippen LogP contribution in [0.15, 0.2) is 5.10 Å². The van der Waals surface area contributed by atoms with E-state index in [2.05, 4.69) is 16.7 Å². The Bertz CT molecular complexity index is 108. The molecule has 0 saturated carbocycles. The summed E-state index contributed by atoms with van der Waals surface area (Å²) in [4.78, 5) is 9.59. The molecule has 5 heteroatoms. The first-order valence-corrected chi connectivity index (χ1v) is 1.45. The maximum absolute atomic E-state index is 9.59. The second kappa shape index (κ2) is 2.01. The predicted octanol–water partition coefficient (Wildman–Crippen LogP) is -1.70. The molecule has 0 aromatic carbocycles. The molecule has 0 aliphatic heterocycles. The van der Waals surface area contributed by atoms with Gasteiger partial charge in [-0.2, -0.15) is 5.10 Å². The molecule has 0 aliphatic carbocycles. The van der Waals surface area contributed by atoms with Crippen LogP contribution in [0.25, 0.3) is 0 Å². The highest BCUT2D eigenvalue weighted by Crippen LogP contribution is 1.58. The molecular weight excluding hydrogens is 98.0 g/mol. The van der Waals surface area contributed by atoms with Crippen molar-refractivity contribution >= 4 is 11.8 Å². The largest absolute Gasteiger partial charge is 0.475 e. The van der Waals surface area contributed by atoms with E-state index in [0.717, 1.165) is 0 Å². The molecule has 0 unspecified atom stereocenters. The van der Waals surface area contributed by atoms with Crippen LogP contribution in [0.5, 0.6) is 0 Å². The molecule has 0 radical (unpaired) electrons. The van der Waals surface area contributed by atoms with Crippen molar-refractivity contribution in [2.75, 3.05) is 0 Å². The normalized spacial score (nSPS) is 11.1. The highest BCUT2D eigenvalue weighted by Gasteiger charge is 1.98. The molecule has 0 aromatic heterocycles. The van der Waals surface area contributed by atoms with Gasteiger partial charge < -0.3 is 16.7 Å². The van der Waals surface area contributed by atoms with Crippen molar-refractivity contribution in [1.82, 2.24) is 0 Å². The third kappa shape index (κ3) is 1.58. The molecule has 40 valence electrons. The van der Waals surface area contributed by atoms with Gasteiger partial charge in [0.05, 0.1) is 0 Å². The van der Waals surface area contributed by atoms with Crippen LogP contribution in [-0.4, -0.2) is 16.9 Å². The van der Waals surface area contributed by atoms with Gasteiger partial charge in [0.25, 0.3) is 0 Å². The third-order valence-electron chi connectivity index (χ3n) is 0.358. The van der Waals surface area contributed by atoms with E-state index < -0.39 is 11.8 Å². The average Bonchev–Trinajstić information content (AvgIpc) is 1.65. The summed E-state index contributed by atoms with van der Waals surface area (Å²) in [6.45, 7) is 0. The van der Waals surface area contributed by atoms with Crippen LogP contribution in [0.2, 0.25) is 0 Å². The molecule has 0 spiro atoms. The van der Waals surface area contributed by atoms with Gasteiger partial charge in [-0.15, -0.1) is 0 Å². The van der Waals surface area contributed by atoms with E-state index in [4.69, 9.17) is 5.11 Å². The summed E-state index contributed by atoms with van der Waals surface area (Å²) < 4.78 is 0. The second-order valence-electron chi connectivity index (χ2n) is 0.819. The maximum Gasteiger partial charge on any atom is 0.373 e. The van der Waals surface area contributed by atoms with Crippen molar-refractivity contribution in [2.45, 2.75) is 0 Å². The van der Waals surface area contributed by atoms with Gasteiger partial charge in [0.1, 0.15) is 0 Å². The molecular formula is C2H5N3O2. The van der Waals surface area contributed by atoms with Gasteiger partial charge in [0, 0.05) is 0 Å². The zero-order valence-corrected chi connectivity index (χ0v) is 3.46. The summed E-state index contributed by atoms with van der Waals surface area (Å²) in [5, 5.41) is 10.5. The zero-order valence-electron chi connectivity index (χ0n) is 3.46. The monoisotopic (exact) mass is 103 g/mol. The second-order valence-corrected chi connectivity index (χ2v) is 0.819. The first-order valence-electron chi connectivity index (χ1n) is 1.45. The van der Waals surface area contributed by atoms with E-state index in [-0.39, 0.29) is 0 Å². The summed E-state index contributed by atoms with van der Waals surface area (Å²) in [5.41, 5.74) is 4.64. The summed E-state index contributed by atoms with van der Waals surface area (Å²) in [6, 6.07) is 0. The van der Waals surface area contributed by atoms with Crippen LogP contribution in [0.4, 0.5) is 0 Å². The fourth-order valence-electron chi connectivity index (χ4n) is 0.0552. The van der Waals surface area contributed by atoms with Crippen LogP contribution in [-0.2, 0) is 4.79 Å². The Morgan fingerprint density at radius 1 is 1.71 bits per heavy atom. The number of hydrazone groups is 1. The standard InChI is InChI=1S/C2H5N3O2/c3-1(5-4)2(6)7/h4H2,(H2,3,5)(H,6,7). The van der Waals surface area contributed by atoms with E-state index >= 15 is 0 Å². The number of nitrogens with two attached hydrogens (primary N) is 2. The lowest BCUT2D eigenvalue weighted by atomic mass is 10.6. The highest BCUT2D eigenvalue weighted by molar-refractivity contribution is 6.33. The van der Waals surface area contributed by atoms with Crippen molar-refractivity contribution in [2.24, 2.45) is 16.7 Å². The predicted molar refractivity (Wildman–Crippen MR) is 23.4 cm³/mol. The van der Waals surface area contributed by atoms with Gasteiger partial charge in [-0.25, -0.2) is 4.79 Å². The quantitative estimate of drug-likeness (QED) is 0.147. The molecule has 0 amide bonds. The van der Waals surface area contributed by atoms with E-state index in [1.807, 2.05) is 0 Å². The molecule has 0 atom stereocenters. The summed E-state index contributed by atoms with van der Waals surface area (Å²) >= 11 is 0. The molecule has 0 bridgehead atoms. The Balaban J connectivity index is 3.82. The first-order chi connectivity index (χ1) is 3.18. The van der Waals surface area contributed by atoms with Crippen LogP contribution in [0, 0.1) is 0 Å². The van der Waals surface area contributed by atoms with Crippen LogP contribution < -0.4 is 11.6 Å². The molecule has 5 N–H and O–H groups in total. The van der Waals surface area contributed by atoms with Crippen LogP contribution in [0.3, 0.4) is 0 Å². The number of aliphatic carboxylic acids is 1. The van der Waals surface area contributed by atoms with Gasteiger partial charge in [-0.05, 0) is 0 Å². The van der Waals surface area contributed by atoms with Crippen LogP contribution >= 0.6 is 0 Å². The van der Waals surface area contributed by atoms with Crippen molar-refractivity contribution in [3.8, 4) is 0 Å². The number of carboxylic acid groups (broad SMARTS) is 1. The van der Waals surface area contributed by atoms with E-state index in [0.29, 0.717) is 0 Å². The Morgan fingerprint density at radius 3 is 2.14 bits per heavy atom. The number of rotatable bonds is 0. The molecule has 0 heterocycles. The molecule has 5 nitrogen and oxygen atoms in total. The number of hydrogen-bond acceptors (Lipinski definition) is 3. The lowest BCUT2D eigenvalue weighted by Crippen LogP contribution is -2.24. The fourth-order valence-corrected chi connectivity index (χ4v) is 0.0552. The van der Waals surface area contributed by atoms with E-state index in [9.17, 15) is 4.79 Å². The van der Waals surface area contributed by atoms with Gasteiger partial charge in [0.15, 0.2) is 0 Å². The Hall–Kier alpha value is -1.26. The molecule has 0 fully saturated rings. The van der Waals surface area contributed by atoms with Gasteiger partial charge in [-0.3, -0.25) is 0 Å². The number of hydrogen-bond donors (Lipinski definition) is 3. The SMILES string of the molecule is N/N=C(/N)C(=O)O. The third-order valence-corrected chi connectivity index (χ3v) is 0.358. The smallest absolute Gasteiger partial charge is 0.373 e. The number of amidine groups is 1. The molecule has 0 aliphatic rings. The van der Waals surface area contributed by atoms with Crippen molar-refractivity contribution in [1.29, 1.82) is 0 Å². The first kappa shape index (κ1) is 5.74. The maximum atomic E-state index is 9.59. The Labute approximate surface area is 39.6 Å². The summed E-state index contributed by atoms with van der Waals surface area (Å²) in [6.07, 6.45) is 0. The lowest BCUT2D eigenvalue weighted by molar-refractivity contribution is -0.129. The van der Waals surface area contributed by atoms with Crippen molar-refractivity contribution in [3.63, 3.8) is 0 Å². The average molecular weight is 103 g/mol. The summed E-state index contributed by atoms with van der Waals surface area (Å²) in [7, 11) is 0. The van der Waals surface area contributed by atoms with E-state index in [1.165, 1.54) is 0 Å². The van der Waals surface area contributed by atoms with Gasteiger partial charge >= 0.3 is 5.97 Å². The fraction of sp³-hybridized carbons (Fsp3) is 0. The zero-order chi connectivity index (χ0) is 5.86. The molecule has 0 aromatic rings. The lowest BCUT2D eigenvalue weighted by Gasteiger charge is -1.83. The Morgan fingerprint density at radius 2 is 2.14 bits per heavy atom.